The molecule has 6 heteroatoms. The predicted molar refractivity (Wildman–Crippen MR) is 114 cm³/mol. The average molecular weight is 397 g/mol. The molecule has 2 heterocycles. The molecule has 1 saturated heterocycles. The molecule has 0 atom stereocenters. The monoisotopic (exact) mass is 397 g/mol. The normalized spacial score (nSPS) is 15.3. The molecular formula is C23H28FN3O2. The van der Waals surface area contributed by atoms with Gasteiger partial charge in [-0.05, 0) is 67.8 Å². The fourth-order valence-electron chi connectivity index (χ4n) is 4.03. The molecule has 0 bridgehead atoms. The summed E-state index contributed by atoms with van der Waals surface area (Å²) in [7, 11) is 0. The number of aromatic nitrogens is 1. The Morgan fingerprint density at radius 1 is 0.966 bits per heavy atom. The molecule has 0 saturated carbocycles. The number of fused-ring (bicyclic) bond motifs is 1. The van der Waals surface area contributed by atoms with E-state index >= 15 is 0 Å². The molecule has 0 amide bonds. The molecule has 0 N–H and O–H groups in total. The van der Waals surface area contributed by atoms with Gasteiger partial charge in [-0.1, -0.05) is 13.0 Å². The van der Waals surface area contributed by atoms with E-state index in [1.54, 1.807) is 4.57 Å². The van der Waals surface area contributed by atoms with E-state index in [0.717, 1.165) is 63.2 Å². The molecule has 4 rings (SSSR count). The van der Waals surface area contributed by atoms with Crippen LogP contribution in [0.1, 0.15) is 25.3 Å². The first-order chi connectivity index (χ1) is 14.1. The SMILES string of the molecule is CCc1ccc2c(c1)oc(=O)n2CCCCN1CCN(c2ccc(F)cc2)CC1. The molecule has 1 aliphatic rings. The van der Waals surface area contributed by atoms with Crippen molar-refractivity contribution in [2.45, 2.75) is 32.7 Å². The molecule has 1 aliphatic heterocycles. The molecule has 0 unspecified atom stereocenters. The second kappa shape index (κ2) is 8.82. The van der Waals surface area contributed by atoms with Gasteiger partial charge in [-0.15, -0.1) is 0 Å². The lowest BCUT2D eigenvalue weighted by molar-refractivity contribution is 0.251. The van der Waals surface area contributed by atoms with Crippen LogP contribution < -0.4 is 10.7 Å². The number of benzene rings is 2. The first-order valence-corrected chi connectivity index (χ1v) is 10.5. The topological polar surface area (TPSA) is 41.6 Å². The van der Waals surface area contributed by atoms with Gasteiger partial charge in [0.15, 0.2) is 5.58 Å². The van der Waals surface area contributed by atoms with Crippen LogP contribution in [0.25, 0.3) is 11.1 Å². The standard InChI is InChI=1S/C23H28FN3O2/c1-2-18-5-10-21-22(17-18)29-23(28)27(21)12-4-3-11-25-13-15-26(16-14-25)20-8-6-19(24)7-9-20/h5-10,17H,2-4,11-16H2,1H3. The first-order valence-electron chi connectivity index (χ1n) is 10.5. The van der Waals surface area contributed by atoms with Crippen molar-refractivity contribution in [2.24, 2.45) is 0 Å². The van der Waals surface area contributed by atoms with Crippen molar-refractivity contribution in [1.29, 1.82) is 0 Å². The Morgan fingerprint density at radius 3 is 2.41 bits per heavy atom. The summed E-state index contributed by atoms with van der Waals surface area (Å²) in [6.45, 7) is 7.73. The van der Waals surface area contributed by atoms with E-state index in [9.17, 15) is 9.18 Å². The van der Waals surface area contributed by atoms with E-state index in [-0.39, 0.29) is 11.6 Å². The van der Waals surface area contributed by atoms with Crippen LogP contribution in [0.3, 0.4) is 0 Å². The zero-order valence-electron chi connectivity index (χ0n) is 16.9. The molecule has 1 fully saturated rings. The highest BCUT2D eigenvalue weighted by molar-refractivity contribution is 5.73. The van der Waals surface area contributed by atoms with Crippen LogP contribution in [-0.4, -0.2) is 42.2 Å². The molecule has 2 aromatic carbocycles. The smallest absolute Gasteiger partial charge is 0.408 e. The summed E-state index contributed by atoms with van der Waals surface area (Å²) in [6, 6.07) is 12.8. The van der Waals surface area contributed by atoms with Crippen molar-refractivity contribution in [3.05, 3.63) is 64.4 Å². The van der Waals surface area contributed by atoms with Crippen molar-refractivity contribution in [2.75, 3.05) is 37.6 Å². The van der Waals surface area contributed by atoms with E-state index in [4.69, 9.17) is 4.42 Å². The zero-order valence-corrected chi connectivity index (χ0v) is 16.9. The van der Waals surface area contributed by atoms with Gasteiger partial charge in [0.2, 0.25) is 0 Å². The van der Waals surface area contributed by atoms with Crippen LogP contribution in [0.4, 0.5) is 10.1 Å². The maximum absolute atomic E-state index is 13.1. The Kier molecular flexibility index (Phi) is 6.00. The minimum Gasteiger partial charge on any atom is -0.408 e. The molecule has 154 valence electrons. The van der Waals surface area contributed by atoms with E-state index < -0.39 is 0 Å². The van der Waals surface area contributed by atoms with Gasteiger partial charge in [-0.2, -0.15) is 0 Å². The lowest BCUT2D eigenvalue weighted by Crippen LogP contribution is -2.46. The van der Waals surface area contributed by atoms with Gasteiger partial charge in [0, 0.05) is 38.4 Å². The number of halogens is 1. The number of anilines is 1. The molecule has 1 aromatic heterocycles. The summed E-state index contributed by atoms with van der Waals surface area (Å²) in [5.41, 5.74) is 3.84. The second-order valence-corrected chi connectivity index (χ2v) is 7.69. The Labute approximate surface area is 170 Å². The van der Waals surface area contributed by atoms with Crippen LogP contribution in [0, 0.1) is 5.82 Å². The summed E-state index contributed by atoms with van der Waals surface area (Å²) in [6.07, 6.45) is 2.92. The number of rotatable bonds is 7. The maximum atomic E-state index is 13.1. The maximum Gasteiger partial charge on any atom is 0.419 e. The molecule has 0 aliphatic carbocycles. The van der Waals surface area contributed by atoms with Crippen LogP contribution >= 0.6 is 0 Å². The number of hydrogen-bond acceptors (Lipinski definition) is 4. The van der Waals surface area contributed by atoms with Crippen LogP contribution in [-0.2, 0) is 13.0 Å². The molecule has 29 heavy (non-hydrogen) atoms. The van der Waals surface area contributed by atoms with Gasteiger partial charge in [-0.25, -0.2) is 9.18 Å². The number of unbranched alkanes of at least 4 members (excludes halogenated alkanes) is 1. The van der Waals surface area contributed by atoms with Crippen LogP contribution in [0.2, 0.25) is 0 Å². The Morgan fingerprint density at radius 2 is 1.69 bits per heavy atom. The third kappa shape index (κ3) is 4.53. The van der Waals surface area contributed by atoms with E-state index in [2.05, 4.69) is 22.8 Å². The molecule has 5 nitrogen and oxygen atoms in total. The van der Waals surface area contributed by atoms with E-state index in [0.29, 0.717) is 12.1 Å². The van der Waals surface area contributed by atoms with Crippen molar-refractivity contribution < 1.29 is 8.81 Å². The largest absolute Gasteiger partial charge is 0.419 e. The minimum absolute atomic E-state index is 0.192. The van der Waals surface area contributed by atoms with Crippen molar-refractivity contribution in [3.8, 4) is 0 Å². The lowest BCUT2D eigenvalue weighted by atomic mass is 10.1. The summed E-state index contributed by atoms with van der Waals surface area (Å²) in [5.74, 6) is -0.455. The summed E-state index contributed by atoms with van der Waals surface area (Å²) in [5, 5.41) is 0. The van der Waals surface area contributed by atoms with Gasteiger partial charge in [0.25, 0.3) is 0 Å². The van der Waals surface area contributed by atoms with E-state index in [1.807, 2.05) is 24.3 Å². The molecule has 3 aromatic rings. The Hall–Kier alpha value is -2.60. The first kappa shape index (κ1) is 19.7. The highest BCUT2D eigenvalue weighted by Crippen LogP contribution is 2.18. The number of nitrogens with zero attached hydrogens (tertiary/aromatic N) is 3. The number of hydrogen-bond donors (Lipinski definition) is 0. The molecule has 0 radical (unpaired) electrons. The van der Waals surface area contributed by atoms with Crippen LogP contribution in [0.5, 0.6) is 0 Å². The summed E-state index contributed by atoms with van der Waals surface area (Å²) >= 11 is 0. The zero-order chi connectivity index (χ0) is 20.2. The Bertz CT molecular complexity index is 1000. The third-order valence-electron chi connectivity index (χ3n) is 5.81. The lowest BCUT2D eigenvalue weighted by Gasteiger charge is -2.36. The van der Waals surface area contributed by atoms with Gasteiger partial charge in [-0.3, -0.25) is 9.47 Å². The van der Waals surface area contributed by atoms with Crippen molar-refractivity contribution >= 4 is 16.8 Å². The minimum atomic E-state index is -0.263. The molecule has 0 spiro atoms. The van der Waals surface area contributed by atoms with Gasteiger partial charge in [0.1, 0.15) is 5.82 Å². The number of oxazole rings is 1. The van der Waals surface area contributed by atoms with Crippen molar-refractivity contribution in [3.63, 3.8) is 0 Å². The van der Waals surface area contributed by atoms with E-state index in [1.165, 1.54) is 17.7 Å². The summed E-state index contributed by atoms with van der Waals surface area (Å²) < 4.78 is 20.3. The van der Waals surface area contributed by atoms with Crippen LogP contribution in [0.15, 0.2) is 51.7 Å². The highest BCUT2D eigenvalue weighted by atomic mass is 19.1. The predicted octanol–water partition coefficient (Wildman–Crippen LogP) is 3.90. The van der Waals surface area contributed by atoms with Gasteiger partial charge in [0.05, 0.1) is 5.52 Å². The fraction of sp³-hybridized carbons (Fsp3) is 0.435. The quantitative estimate of drug-likeness (QED) is 0.567. The Balaban J connectivity index is 1.24. The summed E-state index contributed by atoms with van der Waals surface area (Å²) in [4.78, 5) is 16.9. The molecular weight excluding hydrogens is 369 g/mol. The second-order valence-electron chi connectivity index (χ2n) is 7.69. The fourth-order valence-corrected chi connectivity index (χ4v) is 4.03. The number of piperazine rings is 1. The average Bonchev–Trinajstić information content (AvgIpc) is 3.06. The third-order valence-corrected chi connectivity index (χ3v) is 5.81. The number of aryl methyl sites for hydroxylation is 2. The highest BCUT2D eigenvalue weighted by Gasteiger charge is 2.17. The van der Waals surface area contributed by atoms with Gasteiger partial charge < -0.3 is 9.32 Å². The van der Waals surface area contributed by atoms with Crippen molar-refractivity contribution in [1.82, 2.24) is 9.47 Å². The van der Waals surface area contributed by atoms with Gasteiger partial charge >= 0.3 is 5.76 Å².